The topological polar surface area (TPSA) is 54.5 Å². The van der Waals surface area contributed by atoms with Crippen LogP contribution >= 0.6 is 0 Å². The zero-order valence-electron chi connectivity index (χ0n) is 15.4. The second-order valence-corrected chi connectivity index (χ2v) is 6.29. The van der Waals surface area contributed by atoms with Crippen LogP contribution in [0.25, 0.3) is 0 Å². The summed E-state index contributed by atoms with van der Waals surface area (Å²) in [4.78, 5) is 18.1. The summed E-state index contributed by atoms with van der Waals surface area (Å²) in [5.74, 6) is 0.486. The number of anilines is 2. The van der Waals surface area contributed by atoms with Crippen molar-refractivity contribution >= 4 is 17.3 Å². The van der Waals surface area contributed by atoms with Gasteiger partial charge in [-0.2, -0.15) is 0 Å². The van der Waals surface area contributed by atoms with Crippen LogP contribution in [0.2, 0.25) is 0 Å². The smallest absolute Gasteiger partial charge is 0.255 e. The number of rotatable bonds is 5. The van der Waals surface area contributed by atoms with Crippen LogP contribution in [0, 0.1) is 12.7 Å². The van der Waals surface area contributed by atoms with Gasteiger partial charge in [-0.25, -0.2) is 4.39 Å². The number of halogens is 1. The molecule has 27 heavy (non-hydrogen) atoms. The van der Waals surface area contributed by atoms with E-state index in [9.17, 15) is 9.18 Å². The van der Waals surface area contributed by atoms with Crippen LogP contribution in [0.5, 0.6) is 11.5 Å². The number of aromatic nitrogens is 1. The number of amides is 1. The monoisotopic (exact) mass is 365 g/mol. The lowest BCUT2D eigenvalue weighted by molar-refractivity contribution is 0.102. The second-order valence-electron chi connectivity index (χ2n) is 6.29. The first-order chi connectivity index (χ1) is 12.9. The zero-order valence-corrected chi connectivity index (χ0v) is 15.4. The minimum absolute atomic E-state index is 0.256. The average molecular weight is 365 g/mol. The number of benzene rings is 2. The van der Waals surface area contributed by atoms with Gasteiger partial charge in [0.15, 0.2) is 0 Å². The second kappa shape index (κ2) is 7.86. The summed E-state index contributed by atoms with van der Waals surface area (Å²) < 4.78 is 19.9. The molecule has 0 spiro atoms. The number of carbonyl (C=O) groups is 1. The molecule has 0 aliphatic carbocycles. The van der Waals surface area contributed by atoms with Gasteiger partial charge in [0.1, 0.15) is 17.3 Å². The number of carbonyl (C=O) groups excluding carboxylic acids is 1. The van der Waals surface area contributed by atoms with E-state index in [-0.39, 0.29) is 11.5 Å². The fourth-order valence-electron chi connectivity index (χ4n) is 2.59. The number of nitrogens with one attached hydrogen (secondary N) is 1. The van der Waals surface area contributed by atoms with Crippen LogP contribution in [-0.2, 0) is 0 Å². The minimum Gasteiger partial charge on any atom is -0.455 e. The number of aryl methyl sites for hydroxylation is 1. The highest BCUT2D eigenvalue weighted by atomic mass is 19.1. The third-order valence-electron chi connectivity index (χ3n) is 3.99. The van der Waals surface area contributed by atoms with E-state index in [4.69, 9.17) is 4.74 Å². The van der Waals surface area contributed by atoms with E-state index in [2.05, 4.69) is 10.3 Å². The predicted molar refractivity (Wildman–Crippen MR) is 104 cm³/mol. The number of ether oxygens (including phenoxy) is 1. The summed E-state index contributed by atoms with van der Waals surface area (Å²) in [7, 11) is 3.49. The van der Waals surface area contributed by atoms with E-state index < -0.39 is 5.82 Å². The van der Waals surface area contributed by atoms with Crippen molar-refractivity contribution in [3.63, 3.8) is 0 Å². The van der Waals surface area contributed by atoms with Crippen LogP contribution in [0.3, 0.4) is 0 Å². The third kappa shape index (κ3) is 4.41. The molecule has 5 nitrogen and oxygen atoms in total. The Hall–Kier alpha value is -3.41. The Morgan fingerprint density at radius 1 is 1.15 bits per heavy atom. The van der Waals surface area contributed by atoms with Crippen molar-refractivity contribution < 1.29 is 13.9 Å². The van der Waals surface area contributed by atoms with Gasteiger partial charge in [-0.15, -0.1) is 0 Å². The van der Waals surface area contributed by atoms with Crippen molar-refractivity contribution in [3.05, 3.63) is 77.9 Å². The van der Waals surface area contributed by atoms with Crippen LogP contribution < -0.4 is 15.0 Å². The number of hydrogen-bond acceptors (Lipinski definition) is 4. The highest BCUT2D eigenvalue weighted by molar-refractivity contribution is 6.04. The van der Waals surface area contributed by atoms with Crippen LogP contribution in [-0.4, -0.2) is 25.0 Å². The van der Waals surface area contributed by atoms with E-state index >= 15 is 0 Å². The van der Waals surface area contributed by atoms with Gasteiger partial charge in [-0.3, -0.25) is 9.78 Å². The van der Waals surface area contributed by atoms with Gasteiger partial charge in [0.25, 0.3) is 5.91 Å². The Bertz CT molecular complexity index is 959. The number of nitrogens with zero attached hydrogens (tertiary/aromatic N) is 2. The highest BCUT2D eigenvalue weighted by Gasteiger charge is 2.12. The third-order valence-corrected chi connectivity index (χ3v) is 3.99. The predicted octanol–water partition coefficient (Wildman–Crippen LogP) is 4.64. The van der Waals surface area contributed by atoms with Crippen molar-refractivity contribution in [2.45, 2.75) is 6.92 Å². The summed E-state index contributed by atoms with van der Waals surface area (Å²) in [5.41, 5.74) is 2.14. The van der Waals surface area contributed by atoms with Gasteiger partial charge in [0.05, 0.1) is 11.9 Å². The summed E-state index contributed by atoms with van der Waals surface area (Å²) >= 11 is 0. The molecule has 3 rings (SSSR count). The summed E-state index contributed by atoms with van der Waals surface area (Å²) in [6, 6.07) is 13.3. The molecule has 0 fully saturated rings. The lowest BCUT2D eigenvalue weighted by Gasteiger charge is -2.14. The Morgan fingerprint density at radius 3 is 2.59 bits per heavy atom. The molecular formula is C21H20FN3O2. The SMILES string of the molecule is Cc1cc(NC(=O)c2ccc(N(C)C)c(F)c2)ccc1Oc1cccnc1. The Labute approximate surface area is 157 Å². The van der Waals surface area contributed by atoms with Crippen molar-refractivity contribution in [2.24, 2.45) is 0 Å². The molecule has 1 amide bonds. The number of hydrogen-bond donors (Lipinski definition) is 1. The average Bonchev–Trinajstić information content (AvgIpc) is 2.64. The first-order valence-electron chi connectivity index (χ1n) is 8.41. The maximum Gasteiger partial charge on any atom is 0.255 e. The lowest BCUT2D eigenvalue weighted by Crippen LogP contribution is -2.14. The summed E-state index contributed by atoms with van der Waals surface area (Å²) in [6.45, 7) is 1.88. The van der Waals surface area contributed by atoms with E-state index in [1.54, 1.807) is 67.8 Å². The largest absolute Gasteiger partial charge is 0.455 e. The molecule has 1 N–H and O–H groups in total. The standard InChI is InChI=1S/C21H20FN3O2/c1-14-11-16(7-9-20(14)27-17-5-4-10-23-13-17)24-21(26)15-6-8-19(25(2)3)18(22)12-15/h4-13H,1-3H3,(H,24,26). The van der Waals surface area contributed by atoms with Gasteiger partial charge in [-0.1, -0.05) is 0 Å². The first kappa shape index (κ1) is 18.4. The lowest BCUT2D eigenvalue weighted by atomic mass is 10.1. The molecule has 1 heterocycles. The molecule has 1 aromatic heterocycles. The van der Waals surface area contributed by atoms with Crippen molar-refractivity contribution in [1.82, 2.24) is 4.98 Å². The van der Waals surface area contributed by atoms with E-state index in [0.29, 0.717) is 22.9 Å². The normalized spacial score (nSPS) is 10.4. The molecule has 0 bridgehead atoms. The van der Waals surface area contributed by atoms with Crippen LogP contribution in [0.15, 0.2) is 60.9 Å². The zero-order chi connectivity index (χ0) is 19.4. The molecule has 0 unspecified atom stereocenters. The fourth-order valence-corrected chi connectivity index (χ4v) is 2.59. The Balaban J connectivity index is 1.73. The summed E-state index contributed by atoms with van der Waals surface area (Å²) in [6.07, 6.45) is 3.30. The highest BCUT2D eigenvalue weighted by Crippen LogP contribution is 2.27. The molecule has 0 saturated heterocycles. The molecule has 3 aromatic rings. The quantitative estimate of drug-likeness (QED) is 0.716. The molecule has 2 aromatic carbocycles. The van der Waals surface area contributed by atoms with Crippen LogP contribution in [0.4, 0.5) is 15.8 Å². The molecule has 0 radical (unpaired) electrons. The Kier molecular flexibility index (Phi) is 5.35. The molecule has 0 saturated carbocycles. The summed E-state index contributed by atoms with van der Waals surface area (Å²) in [5, 5.41) is 2.78. The molecule has 0 aliphatic rings. The van der Waals surface area contributed by atoms with Crippen LogP contribution in [0.1, 0.15) is 15.9 Å². The molecule has 6 heteroatoms. The maximum absolute atomic E-state index is 14.1. The van der Waals surface area contributed by atoms with E-state index in [0.717, 1.165) is 5.56 Å². The first-order valence-corrected chi connectivity index (χ1v) is 8.41. The molecule has 138 valence electrons. The maximum atomic E-state index is 14.1. The van der Waals surface area contributed by atoms with Gasteiger partial charge in [0.2, 0.25) is 0 Å². The number of pyridine rings is 1. The minimum atomic E-state index is -0.441. The fraction of sp³-hybridized carbons (Fsp3) is 0.143. The van der Waals surface area contributed by atoms with Crippen molar-refractivity contribution in [3.8, 4) is 11.5 Å². The van der Waals surface area contributed by atoms with E-state index in [1.807, 2.05) is 13.0 Å². The molecular weight excluding hydrogens is 345 g/mol. The van der Waals surface area contributed by atoms with Crippen molar-refractivity contribution in [2.75, 3.05) is 24.3 Å². The van der Waals surface area contributed by atoms with Gasteiger partial charge < -0.3 is 15.0 Å². The molecule has 0 aliphatic heterocycles. The van der Waals surface area contributed by atoms with Gasteiger partial charge >= 0.3 is 0 Å². The van der Waals surface area contributed by atoms with E-state index in [1.165, 1.54) is 6.07 Å². The van der Waals surface area contributed by atoms with Gasteiger partial charge in [0, 0.05) is 31.5 Å². The van der Waals surface area contributed by atoms with Gasteiger partial charge in [-0.05, 0) is 61.0 Å². The Morgan fingerprint density at radius 2 is 1.96 bits per heavy atom. The van der Waals surface area contributed by atoms with Crippen molar-refractivity contribution in [1.29, 1.82) is 0 Å². The molecule has 0 atom stereocenters.